The van der Waals surface area contributed by atoms with Crippen LogP contribution < -0.4 is 5.32 Å². The fraction of sp³-hybridized carbons (Fsp3) is 0.438. The lowest BCUT2D eigenvalue weighted by Gasteiger charge is -2.18. The van der Waals surface area contributed by atoms with Gasteiger partial charge in [0.2, 0.25) is 0 Å². The molecule has 0 aliphatic heterocycles. The van der Waals surface area contributed by atoms with Crippen LogP contribution in [0.4, 0.5) is 0 Å². The summed E-state index contributed by atoms with van der Waals surface area (Å²) in [5.41, 5.74) is 1.18. The number of benzene rings is 1. The minimum atomic E-state index is 0.346. The van der Waals surface area contributed by atoms with E-state index in [0.29, 0.717) is 6.04 Å². The van der Waals surface area contributed by atoms with E-state index in [1.807, 2.05) is 13.2 Å². The summed E-state index contributed by atoms with van der Waals surface area (Å²) in [5.74, 6) is 0.732. The second-order valence-corrected chi connectivity index (χ2v) is 5.23. The molecule has 0 aliphatic carbocycles. The van der Waals surface area contributed by atoms with Crippen molar-refractivity contribution in [2.24, 2.45) is 5.92 Å². The molecule has 0 amide bonds. The summed E-state index contributed by atoms with van der Waals surface area (Å²) < 4.78 is 0. The Balaban J connectivity index is 2.32. The van der Waals surface area contributed by atoms with E-state index in [1.165, 1.54) is 22.9 Å². The molecule has 2 rings (SSSR count). The summed E-state index contributed by atoms with van der Waals surface area (Å²) >= 11 is 0. The van der Waals surface area contributed by atoms with Crippen LogP contribution >= 0.6 is 0 Å². The Bertz CT molecular complexity index is 500. The van der Waals surface area contributed by atoms with Crippen molar-refractivity contribution in [1.82, 2.24) is 10.3 Å². The van der Waals surface area contributed by atoms with Crippen LogP contribution in [0, 0.1) is 5.92 Å². The first-order chi connectivity index (χ1) is 8.72. The van der Waals surface area contributed by atoms with Crippen molar-refractivity contribution in [3.8, 4) is 0 Å². The monoisotopic (exact) mass is 242 g/mol. The highest BCUT2D eigenvalue weighted by atomic mass is 14.9. The molecule has 2 nitrogen and oxygen atoms in total. The molecule has 1 aromatic heterocycles. The van der Waals surface area contributed by atoms with Crippen LogP contribution in [0.1, 0.15) is 38.4 Å². The van der Waals surface area contributed by atoms with Crippen LogP contribution in [-0.2, 0) is 0 Å². The van der Waals surface area contributed by atoms with Gasteiger partial charge in [0, 0.05) is 17.6 Å². The Labute approximate surface area is 109 Å². The lowest BCUT2D eigenvalue weighted by Crippen LogP contribution is -2.18. The predicted molar refractivity (Wildman–Crippen MR) is 77.6 cm³/mol. The zero-order chi connectivity index (χ0) is 13.0. The number of nitrogens with one attached hydrogen (secondary N) is 1. The van der Waals surface area contributed by atoms with E-state index in [4.69, 9.17) is 0 Å². The second-order valence-electron chi connectivity index (χ2n) is 5.23. The largest absolute Gasteiger partial charge is 0.312 e. The second kappa shape index (κ2) is 5.96. The van der Waals surface area contributed by atoms with Crippen molar-refractivity contribution in [2.45, 2.75) is 32.7 Å². The molecule has 0 bridgehead atoms. The van der Waals surface area contributed by atoms with Crippen LogP contribution in [0.15, 0.2) is 36.5 Å². The van der Waals surface area contributed by atoms with E-state index >= 15 is 0 Å². The molecule has 1 heterocycles. The van der Waals surface area contributed by atoms with E-state index in [2.05, 4.69) is 54.5 Å². The van der Waals surface area contributed by atoms with Crippen molar-refractivity contribution in [3.05, 3.63) is 42.2 Å². The van der Waals surface area contributed by atoms with E-state index < -0.39 is 0 Å². The van der Waals surface area contributed by atoms with E-state index in [1.54, 1.807) is 0 Å². The summed E-state index contributed by atoms with van der Waals surface area (Å²) in [6.45, 7) is 4.53. The van der Waals surface area contributed by atoms with Crippen LogP contribution in [0.5, 0.6) is 0 Å². The van der Waals surface area contributed by atoms with Crippen LogP contribution in [0.2, 0.25) is 0 Å². The van der Waals surface area contributed by atoms with Crippen molar-refractivity contribution in [1.29, 1.82) is 0 Å². The normalized spacial score (nSPS) is 13.1. The lowest BCUT2D eigenvalue weighted by molar-refractivity contribution is 0.460. The van der Waals surface area contributed by atoms with E-state index in [-0.39, 0.29) is 0 Å². The van der Waals surface area contributed by atoms with Crippen LogP contribution in [0.25, 0.3) is 10.8 Å². The number of nitrogens with zero attached hydrogens (tertiary/aromatic N) is 1. The van der Waals surface area contributed by atoms with Gasteiger partial charge in [0.05, 0.1) is 5.69 Å². The smallest absolute Gasteiger partial charge is 0.0651 e. The molecule has 1 N–H and O–H groups in total. The maximum Gasteiger partial charge on any atom is 0.0651 e. The topological polar surface area (TPSA) is 24.9 Å². The number of rotatable bonds is 5. The van der Waals surface area contributed by atoms with Gasteiger partial charge in [-0.25, -0.2) is 0 Å². The molecule has 0 fully saturated rings. The van der Waals surface area contributed by atoms with Gasteiger partial charge in [-0.1, -0.05) is 38.1 Å². The Morgan fingerprint density at radius 1 is 1.11 bits per heavy atom. The minimum absolute atomic E-state index is 0.346. The van der Waals surface area contributed by atoms with Gasteiger partial charge in [-0.2, -0.15) is 0 Å². The summed E-state index contributed by atoms with van der Waals surface area (Å²) in [5, 5.41) is 5.94. The first-order valence-electron chi connectivity index (χ1n) is 6.73. The number of fused-ring (bicyclic) bond motifs is 1. The molecule has 0 aliphatic rings. The summed E-state index contributed by atoms with van der Waals surface area (Å²) in [6, 6.07) is 10.9. The Hall–Kier alpha value is -1.41. The molecule has 0 saturated carbocycles. The summed E-state index contributed by atoms with van der Waals surface area (Å²) in [4.78, 5) is 4.59. The molecule has 1 aromatic carbocycles. The maximum absolute atomic E-state index is 4.59. The molecule has 2 aromatic rings. The van der Waals surface area contributed by atoms with Crippen LogP contribution in [0.3, 0.4) is 0 Å². The van der Waals surface area contributed by atoms with Crippen LogP contribution in [-0.4, -0.2) is 12.0 Å². The van der Waals surface area contributed by atoms with Gasteiger partial charge in [-0.3, -0.25) is 4.98 Å². The third-order valence-electron chi connectivity index (χ3n) is 3.42. The van der Waals surface area contributed by atoms with Gasteiger partial charge < -0.3 is 5.32 Å². The first-order valence-corrected chi connectivity index (χ1v) is 6.73. The van der Waals surface area contributed by atoms with Gasteiger partial charge in [0.25, 0.3) is 0 Å². The van der Waals surface area contributed by atoms with Crippen molar-refractivity contribution < 1.29 is 0 Å². The summed E-state index contributed by atoms with van der Waals surface area (Å²) in [6.07, 6.45) is 4.27. The number of hydrogen-bond acceptors (Lipinski definition) is 2. The molecule has 0 radical (unpaired) electrons. The number of aromatic nitrogens is 1. The lowest BCUT2D eigenvalue weighted by atomic mass is 9.98. The minimum Gasteiger partial charge on any atom is -0.312 e. The highest BCUT2D eigenvalue weighted by Gasteiger charge is 2.14. The fourth-order valence-corrected chi connectivity index (χ4v) is 2.34. The van der Waals surface area contributed by atoms with Gasteiger partial charge in [0.1, 0.15) is 0 Å². The molecule has 0 spiro atoms. The zero-order valence-electron chi connectivity index (χ0n) is 11.5. The molecular weight excluding hydrogens is 220 g/mol. The van der Waals surface area contributed by atoms with Crippen molar-refractivity contribution in [2.75, 3.05) is 7.05 Å². The highest BCUT2D eigenvalue weighted by molar-refractivity contribution is 5.84. The third kappa shape index (κ3) is 2.88. The molecular formula is C16H22N2. The Kier molecular flexibility index (Phi) is 4.32. The van der Waals surface area contributed by atoms with Gasteiger partial charge >= 0.3 is 0 Å². The number of pyridine rings is 1. The van der Waals surface area contributed by atoms with Gasteiger partial charge in [-0.15, -0.1) is 0 Å². The first kappa shape index (κ1) is 13.0. The molecule has 1 unspecified atom stereocenters. The quantitative estimate of drug-likeness (QED) is 0.859. The zero-order valence-corrected chi connectivity index (χ0v) is 11.5. The molecule has 1 atom stereocenters. The highest BCUT2D eigenvalue weighted by Crippen LogP contribution is 2.25. The standard InChI is InChI=1S/C16H22N2/c1-12(2)8-9-15(17-3)16-14-7-5-4-6-13(14)10-11-18-16/h4-7,10-12,15,17H,8-9H2,1-3H3. The molecule has 0 saturated heterocycles. The Morgan fingerprint density at radius 2 is 1.89 bits per heavy atom. The average molecular weight is 242 g/mol. The average Bonchev–Trinajstić information content (AvgIpc) is 2.39. The predicted octanol–water partition coefficient (Wildman–Crippen LogP) is 3.93. The molecule has 18 heavy (non-hydrogen) atoms. The SMILES string of the molecule is CNC(CCC(C)C)c1nccc2ccccc12. The van der Waals surface area contributed by atoms with E-state index in [0.717, 1.165) is 12.3 Å². The van der Waals surface area contributed by atoms with E-state index in [9.17, 15) is 0 Å². The third-order valence-corrected chi connectivity index (χ3v) is 3.42. The van der Waals surface area contributed by atoms with Crippen molar-refractivity contribution >= 4 is 10.8 Å². The molecule has 96 valence electrons. The van der Waals surface area contributed by atoms with Crippen molar-refractivity contribution in [3.63, 3.8) is 0 Å². The molecule has 2 heteroatoms. The van der Waals surface area contributed by atoms with Gasteiger partial charge in [-0.05, 0) is 37.3 Å². The maximum atomic E-state index is 4.59. The fourth-order valence-electron chi connectivity index (χ4n) is 2.34. The van der Waals surface area contributed by atoms with Gasteiger partial charge in [0.15, 0.2) is 0 Å². The number of hydrogen-bond donors (Lipinski definition) is 1. The Morgan fingerprint density at radius 3 is 2.61 bits per heavy atom. The summed E-state index contributed by atoms with van der Waals surface area (Å²) in [7, 11) is 2.02.